The summed E-state index contributed by atoms with van der Waals surface area (Å²) in [5.41, 5.74) is 4.30. The lowest BCUT2D eigenvalue weighted by molar-refractivity contribution is 0.411. The van der Waals surface area contributed by atoms with Gasteiger partial charge in [0.05, 0.1) is 17.8 Å². The van der Waals surface area contributed by atoms with Crippen LogP contribution in [0.2, 0.25) is 5.02 Å². The molecule has 0 atom stereocenters. The summed E-state index contributed by atoms with van der Waals surface area (Å²) in [6.07, 6.45) is 0. The largest absolute Gasteiger partial charge is 0.510 e. The highest BCUT2D eigenvalue weighted by atomic mass is 35.5. The molecular formula is C20H16ClN3OS. The van der Waals surface area contributed by atoms with Gasteiger partial charge in [-0.25, -0.2) is 4.98 Å². The molecule has 2 heterocycles. The summed E-state index contributed by atoms with van der Waals surface area (Å²) in [4.78, 5) is 6.41. The van der Waals surface area contributed by atoms with Crippen molar-refractivity contribution in [3.05, 3.63) is 75.3 Å². The van der Waals surface area contributed by atoms with Crippen LogP contribution in [-0.4, -0.2) is 22.5 Å². The third-order valence-electron chi connectivity index (χ3n) is 4.31. The third kappa shape index (κ3) is 3.00. The summed E-state index contributed by atoms with van der Waals surface area (Å²) in [6, 6.07) is 15.4. The monoisotopic (exact) mass is 381 g/mol. The van der Waals surface area contributed by atoms with Gasteiger partial charge in [0.15, 0.2) is 0 Å². The van der Waals surface area contributed by atoms with E-state index in [2.05, 4.69) is 4.98 Å². The third-order valence-corrected chi connectivity index (χ3v) is 5.42. The van der Waals surface area contributed by atoms with Crippen molar-refractivity contribution < 1.29 is 5.11 Å². The van der Waals surface area contributed by atoms with Gasteiger partial charge < -0.3 is 10.0 Å². The van der Waals surface area contributed by atoms with Gasteiger partial charge in [0.2, 0.25) is 0 Å². The van der Waals surface area contributed by atoms with Gasteiger partial charge in [-0.15, -0.1) is 11.3 Å². The number of aryl methyl sites for hydroxylation is 1. The van der Waals surface area contributed by atoms with Crippen LogP contribution >= 0.6 is 22.9 Å². The lowest BCUT2D eigenvalue weighted by Crippen LogP contribution is -2.25. The van der Waals surface area contributed by atoms with Gasteiger partial charge >= 0.3 is 0 Å². The van der Waals surface area contributed by atoms with Gasteiger partial charge in [-0.2, -0.15) is 0 Å². The van der Waals surface area contributed by atoms with Crippen LogP contribution in [-0.2, 0) is 0 Å². The number of thiazole rings is 1. The Bertz CT molecular complexity index is 1010. The van der Waals surface area contributed by atoms with E-state index in [1.807, 2.05) is 60.8 Å². The summed E-state index contributed by atoms with van der Waals surface area (Å²) in [7, 11) is 0. The van der Waals surface area contributed by atoms with Crippen molar-refractivity contribution in [1.29, 1.82) is 5.41 Å². The van der Waals surface area contributed by atoms with Crippen LogP contribution in [0.15, 0.2) is 59.7 Å². The zero-order valence-electron chi connectivity index (χ0n) is 14.0. The van der Waals surface area contributed by atoms with Gasteiger partial charge in [-0.3, -0.25) is 5.41 Å². The van der Waals surface area contributed by atoms with Crippen LogP contribution in [0.3, 0.4) is 0 Å². The van der Waals surface area contributed by atoms with E-state index in [4.69, 9.17) is 17.0 Å². The van der Waals surface area contributed by atoms with Crippen molar-refractivity contribution in [3.63, 3.8) is 0 Å². The summed E-state index contributed by atoms with van der Waals surface area (Å²) >= 11 is 7.36. The summed E-state index contributed by atoms with van der Waals surface area (Å²) < 4.78 is 0. The maximum atomic E-state index is 10.5. The molecule has 6 heteroatoms. The first-order valence-corrected chi connectivity index (χ1v) is 9.36. The highest BCUT2D eigenvalue weighted by molar-refractivity contribution is 7.11. The second-order valence-electron chi connectivity index (χ2n) is 6.14. The second kappa shape index (κ2) is 6.59. The van der Waals surface area contributed by atoms with Crippen molar-refractivity contribution in [1.82, 2.24) is 4.98 Å². The van der Waals surface area contributed by atoms with Crippen molar-refractivity contribution in [2.75, 3.05) is 11.4 Å². The maximum absolute atomic E-state index is 10.5. The van der Waals surface area contributed by atoms with Gasteiger partial charge in [0, 0.05) is 21.7 Å². The normalized spacial score (nSPS) is 14.4. The zero-order chi connectivity index (χ0) is 18.3. The highest BCUT2D eigenvalue weighted by Gasteiger charge is 2.31. The molecule has 1 aliphatic rings. The quantitative estimate of drug-likeness (QED) is 0.626. The topological polar surface area (TPSA) is 60.2 Å². The number of hydrogen-bond donors (Lipinski definition) is 2. The lowest BCUT2D eigenvalue weighted by Gasteiger charge is -2.18. The number of amidine groups is 1. The van der Waals surface area contributed by atoms with Gasteiger partial charge in [0.1, 0.15) is 16.6 Å². The molecule has 0 fully saturated rings. The van der Waals surface area contributed by atoms with E-state index in [1.165, 1.54) is 11.3 Å². The Labute approximate surface area is 160 Å². The molecule has 0 aliphatic carbocycles. The first-order valence-electron chi connectivity index (χ1n) is 8.10. The van der Waals surface area contributed by atoms with Crippen molar-refractivity contribution in [2.24, 2.45) is 0 Å². The highest BCUT2D eigenvalue weighted by Crippen LogP contribution is 2.34. The van der Waals surface area contributed by atoms with Crippen LogP contribution in [0.1, 0.15) is 10.6 Å². The van der Waals surface area contributed by atoms with Crippen LogP contribution in [0, 0.1) is 12.3 Å². The minimum absolute atomic E-state index is 0.174. The number of nitrogens with one attached hydrogen (secondary N) is 1. The molecular weight excluding hydrogens is 366 g/mol. The summed E-state index contributed by atoms with van der Waals surface area (Å²) in [6.45, 7) is 2.31. The molecule has 1 aliphatic heterocycles. The number of aliphatic hydroxyl groups is 1. The molecule has 4 rings (SSSR count). The Morgan fingerprint density at radius 2 is 1.81 bits per heavy atom. The van der Waals surface area contributed by atoms with Crippen molar-refractivity contribution in [3.8, 4) is 11.3 Å². The van der Waals surface area contributed by atoms with E-state index in [0.717, 1.165) is 22.5 Å². The number of halogens is 1. The van der Waals surface area contributed by atoms with Crippen molar-refractivity contribution >= 4 is 40.0 Å². The minimum atomic E-state index is 0.174. The number of benzene rings is 2. The predicted octanol–water partition coefficient (Wildman–Crippen LogP) is 5.54. The van der Waals surface area contributed by atoms with E-state index < -0.39 is 0 Å². The van der Waals surface area contributed by atoms with E-state index in [0.29, 0.717) is 15.6 Å². The fourth-order valence-corrected chi connectivity index (χ4v) is 3.91. The number of aliphatic hydroxyl groups excluding tert-OH is 1. The number of nitrogens with zero attached hydrogens (tertiary/aromatic N) is 2. The van der Waals surface area contributed by atoms with Gasteiger partial charge in [0.25, 0.3) is 0 Å². The standard InChI is InChI=1S/C20H16ClN3OS/c1-12-2-8-15(9-3-12)24-10-17(25)18(19(24)22)20-23-16(11-26-20)13-4-6-14(21)7-5-13/h2-9,11,22,25H,10H2,1H3. The van der Waals surface area contributed by atoms with Gasteiger partial charge in [-0.05, 0) is 31.2 Å². The van der Waals surface area contributed by atoms with Crippen LogP contribution in [0.4, 0.5) is 5.69 Å². The molecule has 1 aromatic heterocycles. The Hall–Kier alpha value is -2.63. The van der Waals surface area contributed by atoms with Crippen molar-refractivity contribution in [2.45, 2.75) is 6.92 Å². The van der Waals surface area contributed by atoms with Crippen LogP contribution in [0.5, 0.6) is 0 Å². The van der Waals surface area contributed by atoms with E-state index in [-0.39, 0.29) is 18.1 Å². The first-order chi connectivity index (χ1) is 12.5. The molecule has 3 aromatic rings. The average molecular weight is 382 g/mol. The fourth-order valence-electron chi connectivity index (χ4n) is 2.89. The molecule has 2 N–H and O–H groups in total. The molecule has 0 unspecified atom stereocenters. The molecule has 0 spiro atoms. The van der Waals surface area contributed by atoms with Gasteiger partial charge in [-0.1, -0.05) is 41.4 Å². The SMILES string of the molecule is Cc1ccc(N2CC(O)=C(c3nc(-c4ccc(Cl)cc4)cs3)C2=N)cc1. The zero-order valence-corrected chi connectivity index (χ0v) is 15.6. The molecule has 0 bridgehead atoms. The Kier molecular flexibility index (Phi) is 4.26. The first kappa shape index (κ1) is 16.8. The molecule has 0 radical (unpaired) electrons. The molecule has 4 nitrogen and oxygen atoms in total. The van der Waals surface area contributed by atoms with Crippen LogP contribution in [0.25, 0.3) is 16.8 Å². The average Bonchev–Trinajstić information content (AvgIpc) is 3.21. The van der Waals surface area contributed by atoms with E-state index >= 15 is 0 Å². The van der Waals surface area contributed by atoms with E-state index in [1.54, 1.807) is 4.90 Å². The second-order valence-corrected chi connectivity index (χ2v) is 7.43. The molecule has 0 amide bonds. The number of anilines is 1. The van der Waals surface area contributed by atoms with Crippen LogP contribution < -0.4 is 4.90 Å². The number of aromatic nitrogens is 1. The smallest absolute Gasteiger partial charge is 0.139 e. The predicted molar refractivity (Wildman–Crippen MR) is 108 cm³/mol. The maximum Gasteiger partial charge on any atom is 0.139 e. The Morgan fingerprint density at radius 3 is 2.50 bits per heavy atom. The Balaban J connectivity index is 1.63. The molecule has 130 valence electrons. The summed E-state index contributed by atoms with van der Waals surface area (Å²) in [5, 5.41) is 22.2. The fraction of sp³-hybridized carbons (Fsp3) is 0.100. The molecule has 0 saturated carbocycles. The molecule has 26 heavy (non-hydrogen) atoms. The lowest BCUT2D eigenvalue weighted by atomic mass is 10.2. The minimum Gasteiger partial charge on any atom is -0.510 e. The Morgan fingerprint density at radius 1 is 1.12 bits per heavy atom. The number of rotatable bonds is 3. The molecule has 2 aromatic carbocycles. The number of hydrogen-bond acceptors (Lipinski definition) is 4. The molecule has 0 saturated heterocycles. The van der Waals surface area contributed by atoms with E-state index in [9.17, 15) is 5.11 Å². The summed E-state index contributed by atoms with van der Waals surface area (Å²) in [5.74, 6) is 0.441.